The number of carbonyl (C=O) groups is 1. The summed E-state index contributed by atoms with van der Waals surface area (Å²) >= 11 is 0. The minimum atomic E-state index is -3.84. The summed E-state index contributed by atoms with van der Waals surface area (Å²) in [5.74, 6) is 0.742. The maximum atomic E-state index is 12.9. The molecule has 9 heteroatoms. The molecule has 1 fully saturated rings. The first-order valence-corrected chi connectivity index (χ1v) is 13.1. The van der Waals surface area contributed by atoms with Crippen molar-refractivity contribution in [3.8, 4) is 11.5 Å². The van der Waals surface area contributed by atoms with Crippen molar-refractivity contribution in [2.45, 2.75) is 35.3 Å². The lowest BCUT2D eigenvalue weighted by molar-refractivity contribution is 0.0892. The van der Waals surface area contributed by atoms with Crippen molar-refractivity contribution in [1.82, 2.24) is 10.2 Å². The third-order valence-corrected chi connectivity index (χ3v) is 7.85. The van der Waals surface area contributed by atoms with Crippen LogP contribution in [0.1, 0.15) is 41.4 Å². The Labute approximate surface area is 205 Å². The summed E-state index contributed by atoms with van der Waals surface area (Å²) in [6.07, 6.45) is 3.37. The first-order valence-electron chi connectivity index (χ1n) is 11.6. The van der Waals surface area contributed by atoms with E-state index in [2.05, 4.69) is 10.2 Å². The van der Waals surface area contributed by atoms with Crippen LogP contribution in [0.15, 0.2) is 75.1 Å². The SMILES string of the molecule is COc1ccc(C(CNC(=O)c2ccc(S(=O)(=O)c3ccccc3)o2)N2CCCCC2)cc1OC. The highest BCUT2D eigenvalue weighted by Gasteiger charge is 2.26. The van der Waals surface area contributed by atoms with E-state index in [0.29, 0.717) is 18.0 Å². The third kappa shape index (κ3) is 5.52. The molecule has 8 nitrogen and oxygen atoms in total. The molecular formula is C26H30N2O6S. The number of rotatable bonds is 9. The van der Waals surface area contributed by atoms with Crippen LogP contribution in [0.3, 0.4) is 0 Å². The molecule has 0 saturated carbocycles. The number of likely N-dealkylation sites (tertiary alicyclic amines) is 1. The van der Waals surface area contributed by atoms with E-state index >= 15 is 0 Å². The average Bonchev–Trinajstić information content (AvgIpc) is 3.41. The Morgan fingerprint density at radius 3 is 2.37 bits per heavy atom. The lowest BCUT2D eigenvalue weighted by atomic mass is 10.0. The molecule has 0 radical (unpaired) electrons. The van der Waals surface area contributed by atoms with Crippen molar-refractivity contribution in [3.63, 3.8) is 0 Å². The zero-order valence-corrected chi connectivity index (χ0v) is 20.7. The van der Waals surface area contributed by atoms with Gasteiger partial charge in [-0.2, -0.15) is 0 Å². The number of sulfone groups is 1. The zero-order chi connectivity index (χ0) is 24.8. The standard InChI is InChI=1S/C26H30N2O6S/c1-32-22-12-11-19(17-24(22)33-2)21(28-15-7-4-8-16-28)18-27-26(29)23-13-14-25(34-23)35(30,31)20-9-5-3-6-10-20/h3,5-6,9-14,17,21H,4,7-8,15-16,18H2,1-2H3,(H,27,29). The van der Waals surface area contributed by atoms with Crippen LogP contribution in [-0.4, -0.2) is 53.1 Å². The van der Waals surface area contributed by atoms with Gasteiger partial charge in [-0.25, -0.2) is 8.42 Å². The van der Waals surface area contributed by atoms with Crippen LogP contribution in [-0.2, 0) is 9.84 Å². The Morgan fingerprint density at radius 2 is 1.69 bits per heavy atom. The normalized spacial score (nSPS) is 15.4. The summed E-state index contributed by atoms with van der Waals surface area (Å²) in [5.41, 5.74) is 0.997. The minimum absolute atomic E-state index is 0.0517. The quantitative estimate of drug-likeness (QED) is 0.475. The summed E-state index contributed by atoms with van der Waals surface area (Å²) in [4.78, 5) is 15.4. The first-order chi connectivity index (χ1) is 16.9. The largest absolute Gasteiger partial charge is 0.493 e. The molecule has 1 atom stereocenters. The Bertz CT molecular complexity index is 1250. The first kappa shape index (κ1) is 24.8. The number of hydrogen-bond donors (Lipinski definition) is 1. The molecule has 1 N–H and O–H groups in total. The van der Waals surface area contributed by atoms with Gasteiger partial charge in [-0.15, -0.1) is 0 Å². The predicted molar refractivity (Wildman–Crippen MR) is 131 cm³/mol. The van der Waals surface area contributed by atoms with Crippen LogP contribution >= 0.6 is 0 Å². The predicted octanol–water partition coefficient (Wildman–Crippen LogP) is 4.09. The smallest absolute Gasteiger partial charge is 0.287 e. The fraction of sp³-hybridized carbons (Fsp3) is 0.346. The number of piperidine rings is 1. The molecule has 2 aromatic carbocycles. The van der Waals surface area contributed by atoms with Crippen LogP contribution in [0.4, 0.5) is 0 Å². The van der Waals surface area contributed by atoms with Crippen LogP contribution in [0, 0.1) is 0 Å². The molecule has 0 aliphatic carbocycles. The number of carbonyl (C=O) groups excluding carboxylic acids is 1. The van der Waals surface area contributed by atoms with Gasteiger partial charge in [0.2, 0.25) is 14.9 Å². The summed E-state index contributed by atoms with van der Waals surface area (Å²) < 4.78 is 41.9. The van der Waals surface area contributed by atoms with Crippen molar-refractivity contribution < 1.29 is 27.1 Å². The van der Waals surface area contributed by atoms with Crippen LogP contribution in [0.25, 0.3) is 0 Å². The molecule has 1 unspecified atom stereocenters. The highest BCUT2D eigenvalue weighted by Crippen LogP contribution is 2.33. The molecule has 1 saturated heterocycles. The number of nitrogens with one attached hydrogen (secondary N) is 1. The zero-order valence-electron chi connectivity index (χ0n) is 19.9. The van der Waals surface area contributed by atoms with Crippen LogP contribution in [0.5, 0.6) is 11.5 Å². The molecule has 1 aliphatic heterocycles. The van der Waals surface area contributed by atoms with Gasteiger partial charge in [0.05, 0.1) is 25.2 Å². The maximum Gasteiger partial charge on any atom is 0.287 e. The second-order valence-corrected chi connectivity index (χ2v) is 10.3. The molecule has 186 valence electrons. The summed E-state index contributed by atoms with van der Waals surface area (Å²) in [6.45, 7) is 2.18. The van der Waals surface area contributed by atoms with Gasteiger partial charge in [0.1, 0.15) is 0 Å². The highest BCUT2D eigenvalue weighted by molar-refractivity contribution is 7.91. The maximum absolute atomic E-state index is 12.9. The molecule has 3 aromatic rings. The molecule has 1 amide bonds. The Morgan fingerprint density at radius 1 is 0.971 bits per heavy atom. The summed E-state index contributed by atoms with van der Waals surface area (Å²) in [7, 11) is -0.651. The fourth-order valence-electron chi connectivity index (χ4n) is 4.33. The van der Waals surface area contributed by atoms with Gasteiger partial charge in [-0.05, 0) is 67.9 Å². The molecule has 0 bridgehead atoms. The molecule has 0 spiro atoms. The van der Waals surface area contributed by atoms with Crippen molar-refractivity contribution in [3.05, 3.63) is 72.0 Å². The van der Waals surface area contributed by atoms with Crippen LogP contribution < -0.4 is 14.8 Å². The topological polar surface area (TPSA) is 98.1 Å². The van der Waals surface area contributed by atoms with E-state index in [4.69, 9.17) is 13.9 Å². The monoisotopic (exact) mass is 498 g/mol. The van der Waals surface area contributed by atoms with Gasteiger partial charge in [0, 0.05) is 6.54 Å². The molecule has 1 aliphatic rings. The number of ether oxygens (including phenoxy) is 2. The number of benzene rings is 2. The van der Waals surface area contributed by atoms with Gasteiger partial charge < -0.3 is 19.2 Å². The van der Waals surface area contributed by atoms with Gasteiger partial charge >= 0.3 is 0 Å². The number of methoxy groups -OCH3 is 2. The average molecular weight is 499 g/mol. The van der Waals surface area contributed by atoms with E-state index in [9.17, 15) is 13.2 Å². The van der Waals surface area contributed by atoms with Gasteiger partial charge in [-0.1, -0.05) is 30.7 Å². The van der Waals surface area contributed by atoms with Crippen LogP contribution in [0.2, 0.25) is 0 Å². The molecule has 1 aromatic heterocycles. The van der Waals surface area contributed by atoms with Crippen molar-refractivity contribution in [2.24, 2.45) is 0 Å². The number of hydrogen-bond acceptors (Lipinski definition) is 7. The lowest BCUT2D eigenvalue weighted by Gasteiger charge is -2.35. The van der Waals surface area contributed by atoms with E-state index in [1.54, 1.807) is 32.4 Å². The molecule has 4 rings (SSSR count). The van der Waals surface area contributed by atoms with Gasteiger partial charge in [0.15, 0.2) is 17.3 Å². The van der Waals surface area contributed by atoms with Crippen molar-refractivity contribution >= 4 is 15.7 Å². The van der Waals surface area contributed by atoms with Crippen molar-refractivity contribution in [1.29, 1.82) is 0 Å². The molecule has 2 heterocycles. The number of furan rings is 1. The van der Waals surface area contributed by atoms with Crippen molar-refractivity contribution in [2.75, 3.05) is 33.9 Å². The van der Waals surface area contributed by atoms with E-state index in [1.165, 1.54) is 30.7 Å². The third-order valence-electron chi connectivity index (χ3n) is 6.20. The Balaban J connectivity index is 1.52. The van der Waals surface area contributed by atoms with E-state index in [-0.39, 0.29) is 21.8 Å². The lowest BCUT2D eigenvalue weighted by Crippen LogP contribution is -2.40. The Kier molecular flexibility index (Phi) is 7.77. The van der Waals surface area contributed by atoms with E-state index in [0.717, 1.165) is 31.5 Å². The number of nitrogens with zero attached hydrogens (tertiary/aromatic N) is 1. The highest BCUT2D eigenvalue weighted by atomic mass is 32.2. The Hall–Kier alpha value is -3.30. The minimum Gasteiger partial charge on any atom is -0.493 e. The molecular weight excluding hydrogens is 468 g/mol. The fourth-order valence-corrected chi connectivity index (χ4v) is 5.52. The molecule has 35 heavy (non-hydrogen) atoms. The number of amides is 1. The second-order valence-electron chi connectivity index (χ2n) is 8.37. The summed E-state index contributed by atoms with van der Waals surface area (Å²) in [5, 5.41) is 2.66. The summed E-state index contributed by atoms with van der Waals surface area (Å²) in [6, 6.07) is 16.4. The van der Waals surface area contributed by atoms with E-state index in [1.807, 2.05) is 18.2 Å². The van der Waals surface area contributed by atoms with Gasteiger partial charge in [-0.3, -0.25) is 9.69 Å². The second kappa shape index (κ2) is 11.0. The van der Waals surface area contributed by atoms with E-state index < -0.39 is 15.7 Å². The van der Waals surface area contributed by atoms with Gasteiger partial charge in [0.25, 0.3) is 5.91 Å².